The predicted octanol–water partition coefficient (Wildman–Crippen LogP) is 3.04. The number of carbonyl (C=O) groups is 1. The molecule has 108 valence electrons. The van der Waals surface area contributed by atoms with Crippen molar-refractivity contribution in [2.45, 2.75) is 32.7 Å². The molecule has 0 saturated heterocycles. The molecule has 5 nitrogen and oxygen atoms in total. The molecule has 20 heavy (non-hydrogen) atoms. The lowest BCUT2D eigenvalue weighted by Gasteiger charge is -2.24. The minimum atomic E-state index is -0.139. The molecule has 0 aliphatic heterocycles. The van der Waals surface area contributed by atoms with Gasteiger partial charge in [0.25, 0.3) is 5.91 Å². The summed E-state index contributed by atoms with van der Waals surface area (Å²) >= 11 is 3.34. The largest absolute Gasteiger partial charge is 0.369 e. The fourth-order valence-corrected chi connectivity index (χ4v) is 1.98. The van der Waals surface area contributed by atoms with E-state index in [4.69, 9.17) is 5.26 Å². The van der Waals surface area contributed by atoms with Crippen LogP contribution in [0.4, 0.5) is 5.82 Å². The van der Waals surface area contributed by atoms with Crippen LogP contribution in [0, 0.1) is 11.3 Å². The summed E-state index contributed by atoms with van der Waals surface area (Å²) in [6.07, 6.45) is 2.92. The molecule has 1 unspecified atom stereocenters. The number of pyridine rings is 1. The number of halogens is 1. The molecule has 1 amide bonds. The normalized spacial score (nSPS) is 11.6. The fraction of sp³-hybridized carbons (Fsp3) is 0.500. The van der Waals surface area contributed by atoms with E-state index in [-0.39, 0.29) is 11.9 Å². The van der Waals surface area contributed by atoms with E-state index in [0.717, 1.165) is 17.4 Å². The third-order valence-electron chi connectivity index (χ3n) is 3.00. The summed E-state index contributed by atoms with van der Waals surface area (Å²) in [5.41, 5.74) is 0.514. The molecule has 0 spiro atoms. The number of aromatic nitrogens is 1. The Morgan fingerprint density at radius 3 is 2.95 bits per heavy atom. The lowest BCUT2D eigenvalue weighted by molar-refractivity contribution is 0.0747. The predicted molar refractivity (Wildman–Crippen MR) is 82.5 cm³/mol. The number of nitrogens with one attached hydrogen (secondary N) is 1. The zero-order valence-electron chi connectivity index (χ0n) is 12.0. The molecular formula is C14H19BrN4O. The summed E-state index contributed by atoms with van der Waals surface area (Å²) in [5, 5.41) is 11.9. The van der Waals surface area contributed by atoms with Crippen LogP contribution in [0.3, 0.4) is 0 Å². The molecule has 0 bridgehead atoms. The average Bonchev–Trinajstić information content (AvgIpc) is 2.44. The lowest BCUT2D eigenvalue weighted by atomic mass is 10.1. The molecule has 0 aliphatic carbocycles. The summed E-state index contributed by atoms with van der Waals surface area (Å²) in [6, 6.07) is 3.70. The van der Waals surface area contributed by atoms with E-state index < -0.39 is 0 Å². The molecule has 0 aliphatic rings. The van der Waals surface area contributed by atoms with E-state index >= 15 is 0 Å². The van der Waals surface area contributed by atoms with Crippen molar-refractivity contribution in [3.05, 3.63) is 22.3 Å². The van der Waals surface area contributed by atoms with Crippen LogP contribution in [0.2, 0.25) is 0 Å². The molecule has 6 heteroatoms. The summed E-state index contributed by atoms with van der Waals surface area (Å²) in [5.74, 6) is 0.441. The second-order valence-electron chi connectivity index (χ2n) is 4.60. The van der Waals surface area contributed by atoms with Crippen LogP contribution < -0.4 is 5.32 Å². The van der Waals surface area contributed by atoms with Gasteiger partial charge in [-0.05, 0) is 35.3 Å². The highest BCUT2D eigenvalue weighted by Gasteiger charge is 2.21. The number of carbonyl (C=O) groups excluding carboxylic acids is 1. The number of amides is 1. The highest BCUT2D eigenvalue weighted by molar-refractivity contribution is 9.10. The van der Waals surface area contributed by atoms with Crippen molar-refractivity contribution >= 4 is 27.7 Å². The second-order valence-corrected chi connectivity index (χ2v) is 5.52. The van der Waals surface area contributed by atoms with Crippen LogP contribution in [-0.2, 0) is 0 Å². The summed E-state index contributed by atoms with van der Waals surface area (Å²) in [7, 11) is 1.70. The monoisotopic (exact) mass is 338 g/mol. The first-order valence-electron chi connectivity index (χ1n) is 6.54. The number of hydrogen-bond donors (Lipinski definition) is 1. The van der Waals surface area contributed by atoms with Crippen LogP contribution >= 0.6 is 15.9 Å². The quantitative estimate of drug-likeness (QED) is 0.865. The van der Waals surface area contributed by atoms with Crippen molar-refractivity contribution in [2.24, 2.45) is 0 Å². The molecule has 1 heterocycles. The minimum Gasteiger partial charge on any atom is -0.369 e. The maximum Gasteiger partial charge on any atom is 0.257 e. The maximum absolute atomic E-state index is 12.5. The molecule has 1 rings (SSSR count). The molecule has 0 radical (unpaired) electrons. The Morgan fingerprint density at radius 2 is 2.35 bits per heavy atom. The Hall–Kier alpha value is -1.61. The van der Waals surface area contributed by atoms with Crippen LogP contribution in [0.25, 0.3) is 0 Å². The Kier molecular flexibility index (Phi) is 6.46. The van der Waals surface area contributed by atoms with Crippen molar-refractivity contribution in [1.29, 1.82) is 5.26 Å². The number of anilines is 1. The molecule has 1 atom stereocenters. The van der Waals surface area contributed by atoms with Crippen LogP contribution in [0.15, 0.2) is 16.7 Å². The summed E-state index contributed by atoms with van der Waals surface area (Å²) in [6.45, 7) is 4.66. The number of nitrogens with zero attached hydrogens (tertiary/aromatic N) is 3. The maximum atomic E-state index is 12.5. The zero-order chi connectivity index (χ0) is 15.1. The van der Waals surface area contributed by atoms with Gasteiger partial charge in [-0.1, -0.05) is 6.92 Å². The van der Waals surface area contributed by atoms with Crippen molar-refractivity contribution in [3.8, 4) is 6.07 Å². The highest BCUT2D eigenvalue weighted by atomic mass is 79.9. The van der Waals surface area contributed by atoms with Crippen molar-refractivity contribution in [3.63, 3.8) is 0 Å². The average molecular weight is 339 g/mol. The van der Waals surface area contributed by atoms with Gasteiger partial charge in [0.05, 0.1) is 18.1 Å². The zero-order valence-corrected chi connectivity index (χ0v) is 13.6. The van der Waals surface area contributed by atoms with E-state index in [9.17, 15) is 4.79 Å². The minimum absolute atomic E-state index is 0.134. The van der Waals surface area contributed by atoms with E-state index in [2.05, 4.69) is 39.2 Å². The Balaban J connectivity index is 3.01. The summed E-state index contributed by atoms with van der Waals surface area (Å²) < 4.78 is 0.754. The van der Waals surface area contributed by atoms with Gasteiger partial charge in [-0.15, -0.1) is 0 Å². The summed E-state index contributed by atoms with van der Waals surface area (Å²) in [4.78, 5) is 18.3. The molecular weight excluding hydrogens is 320 g/mol. The fourth-order valence-electron chi connectivity index (χ4n) is 1.65. The molecule has 1 aromatic heterocycles. The smallest absolute Gasteiger partial charge is 0.257 e. The Labute approximate surface area is 128 Å². The Morgan fingerprint density at radius 1 is 1.65 bits per heavy atom. The molecule has 0 aromatic carbocycles. The van der Waals surface area contributed by atoms with E-state index in [0.29, 0.717) is 17.8 Å². The van der Waals surface area contributed by atoms with Gasteiger partial charge in [0.15, 0.2) is 0 Å². The van der Waals surface area contributed by atoms with Crippen LogP contribution in [0.5, 0.6) is 0 Å². The third kappa shape index (κ3) is 4.20. The van der Waals surface area contributed by atoms with Gasteiger partial charge in [0, 0.05) is 30.3 Å². The van der Waals surface area contributed by atoms with Crippen molar-refractivity contribution < 1.29 is 4.79 Å². The lowest BCUT2D eigenvalue weighted by Crippen LogP contribution is -2.35. The van der Waals surface area contributed by atoms with Gasteiger partial charge in [-0.2, -0.15) is 5.26 Å². The first kappa shape index (κ1) is 16.4. The van der Waals surface area contributed by atoms with E-state index in [1.807, 2.05) is 6.92 Å². The standard InChI is InChI=1S/C14H19BrN4O/c1-4-7-17-13-12(8-11(15)9-18-13)14(20)19(3)10(2)5-6-16/h8-10H,4-5,7H2,1-3H3,(H,17,18). The van der Waals surface area contributed by atoms with Gasteiger partial charge in [-0.25, -0.2) is 4.98 Å². The number of rotatable bonds is 6. The van der Waals surface area contributed by atoms with Gasteiger partial charge in [0.2, 0.25) is 0 Å². The van der Waals surface area contributed by atoms with Gasteiger partial charge >= 0.3 is 0 Å². The van der Waals surface area contributed by atoms with Gasteiger partial charge in [0.1, 0.15) is 5.82 Å². The third-order valence-corrected chi connectivity index (χ3v) is 3.43. The molecule has 0 saturated carbocycles. The molecule has 0 fully saturated rings. The number of nitriles is 1. The van der Waals surface area contributed by atoms with E-state index in [1.165, 1.54) is 0 Å². The van der Waals surface area contributed by atoms with Gasteiger partial charge in [-0.3, -0.25) is 4.79 Å². The second kappa shape index (κ2) is 7.85. The van der Waals surface area contributed by atoms with Crippen molar-refractivity contribution in [1.82, 2.24) is 9.88 Å². The Bertz CT molecular complexity index is 512. The van der Waals surface area contributed by atoms with Crippen LogP contribution in [0.1, 0.15) is 37.0 Å². The van der Waals surface area contributed by atoms with Gasteiger partial charge < -0.3 is 10.2 Å². The van der Waals surface area contributed by atoms with Crippen molar-refractivity contribution in [2.75, 3.05) is 18.9 Å². The first-order valence-corrected chi connectivity index (χ1v) is 7.34. The number of hydrogen-bond acceptors (Lipinski definition) is 4. The topological polar surface area (TPSA) is 69.0 Å². The SMILES string of the molecule is CCCNc1ncc(Br)cc1C(=O)N(C)C(C)CC#N. The molecule has 1 N–H and O–H groups in total. The van der Waals surface area contributed by atoms with Crippen LogP contribution in [-0.4, -0.2) is 35.4 Å². The molecule has 1 aromatic rings. The first-order chi connectivity index (χ1) is 9.51. The van der Waals surface area contributed by atoms with E-state index in [1.54, 1.807) is 24.2 Å². The highest BCUT2D eigenvalue weighted by Crippen LogP contribution is 2.20.